The Hall–Kier alpha value is -0.710. The zero-order valence-electron chi connectivity index (χ0n) is 8.96. The molecule has 4 N–H and O–H groups in total. The number of unbranched alkanes of at least 4 members (excludes halogenated alkanes) is 1. The van der Waals surface area contributed by atoms with Gasteiger partial charge in [0.2, 0.25) is 0 Å². The lowest BCUT2D eigenvalue weighted by molar-refractivity contribution is 0.532. The van der Waals surface area contributed by atoms with E-state index in [9.17, 15) is 8.78 Å². The van der Waals surface area contributed by atoms with Gasteiger partial charge in [-0.05, 0) is 37.6 Å². The first-order valence-corrected chi connectivity index (χ1v) is 5.05. The lowest BCUT2D eigenvalue weighted by atomic mass is 10.0. The number of halogens is 3. The zero-order chi connectivity index (χ0) is 11.3. The quantitative estimate of drug-likeness (QED) is 0.789. The Labute approximate surface area is 100 Å². The fraction of sp³-hybridized carbons (Fsp3) is 0.455. The van der Waals surface area contributed by atoms with E-state index in [1.54, 1.807) is 0 Å². The van der Waals surface area contributed by atoms with Crippen molar-refractivity contribution in [3.05, 3.63) is 35.4 Å². The van der Waals surface area contributed by atoms with E-state index in [-0.39, 0.29) is 18.0 Å². The molecule has 0 saturated heterocycles. The van der Waals surface area contributed by atoms with E-state index in [4.69, 9.17) is 11.5 Å². The van der Waals surface area contributed by atoms with Crippen LogP contribution in [0.3, 0.4) is 0 Å². The van der Waals surface area contributed by atoms with Crippen molar-refractivity contribution in [3.63, 3.8) is 0 Å². The summed E-state index contributed by atoms with van der Waals surface area (Å²) in [6, 6.07) is 2.90. The molecule has 0 aliphatic heterocycles. The van der Waals surface area contributed by atoms with Crippen molar-refractivity contribution in [2.24, 2.45) is 11.5 Å². The molecular formula is C11H17ClF2N2. The molecule has 0 aromatic heterocycles. The smallest absolute Gasteiger partial charge is 0.128 e. The second-order valence-electron chi connectivity index (χ2n) is 3.56. The molecule has 0 bridgehead atoms. The third-order valence-corrected chi connectivity index (χ3v) is 2.33. The maximum Gasteiger partial charge on any atom is 0.128 e. The Kier molecular flexibility index (Phi) is 7.21. The van der Waals surface area contributed by atoms with Crippen molar-refractivity contribution in [2.75, 3.05) is 6.54 Å². The van der Waals surface area contributed by atoms with Gasteiger partial charge < -0.3 is 11.5 Å². The van der Waals surface area contributed by atoms with E-state index in [0.717, 1.165) is 31.0 Å². The molecule has 92 valence electrons. The van der Waals surface area contributed by atoms with Crippen LogP contribution in [0.25, 0.3) is 0 Å². The maximum atomic E-state index is 13.3. The minimum atomic E-state index is -0.458. The predicted octanol–water partition coefficient (Wildman–Crippen LogP) is 2.52. The van der Waals surface area contributed by atoms with Gasteiger partial charge in [-0.25, -0.2) is 8.78 Å². The van der Waals surface area contributed by atoms with Crippen LogP contribution >= 0.6 is 12.4 Å². The molecule has 0 fully saturated rings. The van der Waals surface area contributed by atoms with Crippen molar-refractivity contribution in [1.82, 2.24) is 0 Å². The summed E-state index contributed by atoms with van der Waals surface area (Å²) < 4.78 is 26.1. The summed E-state index contributed by atoms with van der Waals surface area (Å²) in [5, 5.41) is 0. The minimum absolute atomic E-state index is 0. The molecule has 1 rings (SSSR count). The van der Waals surface area contributed by atoms with Gasteiger partial charge >= 0.3 is 0 Å². The summed E-state index contributed by atoms with van der Waals surface area (Å²) in [5.41, 5.74) is 11.3. The van der Waals surface area contributed by atoms with E-state index in [0.29, 0.717) is 13.0 Å². The molecule has 5 heteroatoms. The second kappa shape index (κ2) is 7.54. The Morgan fingerprint density at radius 3 is 2.50 bits per heavy atom. The Bertz CT molecular complexity index is 321. The van der Waals surface area contributed by atoms with Crippen LogP contribution in [0.4, 0.5) is 8.78 Å². The van der Waals surface area contributed by atoms with Gasteiger partial charge in [0, 0.05) is 11.6 Å². The van der Waals surface area contributed by atoms with E-state index < -0.39 is 17.7 Å². The number of hydrogen-bond donors (Lipinski definition) is 2. The first-order valence-electron chi connectivity index (χ1n) is 5.05. The van der Waals surface area contributed by atoms with Gasteiger partial charge in [-0.15, -0.1) is 12.4 Å². The number of hydrogen-bond acceptors (Lipinski definition) is 2. The van der Waals surface area contributed by atoms with Gasteiger partial charge in [0.05, 0.1) is 0 Å². The summed E-state index contributed by atoms with van der Waals surface area (Å²) in [5.74, 6) is -0.905. The van der Waals surface area contributed by atoms with Gasteiger partial charge in [0.1, 0.15) is 11.6 Å². The minimum Gasteiger partial charge on any atom is -0.330 e. The fourth-order valence-electron chi connectivity index (χ4n) is 1.46. The molecule has 0 radical (unpaired) electrons. The molecule has 0 unspecified atom stereocenters. The van der Waals surface area contributed by atoms with Gasteiger partial charge in [-0.3, -0.25) is 0 Å². The molecular weight excluding hydrogens is 234 g/mol. The van der Waals surface area contributed by atoms with Crippen LogP contribution < -0.4 is 11.5 Å². The highest BCUT2D eigenvalue weighted by molar-refractivity contribution is 5.85. The normalized spacial score (nSPS) is 12.0. The van der Waals surface area contributed by atoms with E-state index in [1.165, 1.54) is 0 Å². The molecule has 0 heterocycles. The SMILES string of the molecule is Cl.NCCCC[C@@H](N)c1cc(F)ccc1F. The van der Waals surface area contributed by atoms with Gasteiger partial charge in [0.15, 0.2) is 0 Å². The Balaban J connectivity index is 0.00000225. The largest absolute Gasteiger partial charge is 0.330 e. The highest BCUT2D eigenvalue weighted by Gasteiger charge is 2.11. The summed E-state index contributed by atoms with van der Waals surface area (Å²) in [6.45, 7) is 0.596. The van der Waals surface area contributed by atoms with Crippen molar-refractivity contribution >= 4 is 12.4 Å². The maximum absolute atomic E-state index is 13.3. The summed E-state index contributed by atoms with van der Waals surface area (Å²) in [4.78, 5) is 0. The number of rotatable bonds is 5. The highest BCUT2D eigenvalue weighted by Crippen LogP contribution is 2.20. The fourth-order valence-corrected chi connectivity index (χ4v) is 1.46. The summed E-state index contributed by atoms with van der Waals surface area (Å²) in [6.07, 6.45) is 2.30. The average molecular weight is 251 g/mol. The van der Waals surface area contributed by atoms with Crippen molar-refractivity contribution < 1.29 is 8.78 Å². The van der Waals surface area contributed by atoms with Crippen molar-refractivity contribution in [2.45, 2.75) is 25.3 Å². The van der Waals surface area contributed by atoms with Crippen LogP contribution in [-0.2, 0) is 0 Å². The number of nitrogens with two attached hydrogens (primary N) is 2. The molecule has 0 aliphatic carbocycles. The predicted molar refractivity (Wildman–Crippen MR) is 63.4 cm³/mol. The topological polar surface area (TPSA) is 52.0 Å². The standard InChI is InChI=1S/C11H16F2N2.ClH/c12-8-4-5-10(13)9(7-8)11(15)3-1-2-6-14;/h4-5,7,11H,1-3,6,14-15H2;1H/t11-;/m1./s1. The van der Waals surface area contributed by atoms with Crippen molar-refractivity contribution in [1.29, 1.82) is 0 Å². The third-order valence-electron chi connectivity index (χ3n) is 2.33. The summed E-state index contributed by atoms with van der Waals surface area (Å²) in [7, 11) is 0. The van der Waals surface area contributed by atoms with Crippen LogP contribution in [0.5, 0.6) is 0 Å². The average Bonchev–Trinajstić information content (AvgIpc) is 2.22. The first kappa shape index (κ1) is 15.3. The molecule has 1 aromatic rings. The lowest BCUT2D eigenvalue weighted by Gasteiger charge is -2.12. The number of benzene rings is 1. The molecule has 1 atom stereocenters. The zero-order valence-corrected chi connectivity index (χ0v) is 9.77. The molecule has 0 saturated carbocycles. The van der Waals surface area contributed by atoms with E-state index >= 15 is 0 Å². The van der Waals surface area contributed by atoms with Gasteiger partial charge in [-0.2, -0.15) is 0 Å². The highest BCUT2D eigenvalue weighted by atomic mass is 35.5. The van der Waals surface area contributed by atoms with Gasteiger partial charge in [0.25, 0.3) is 0 Å². The van der Waals surface area contributed by atoms with E-state index in [2.05, 4.69) is 0 Å². The van der Waals surface area contributed by atoms with E-state index in [1.807, 2.05) is 0 Å². The molecule has 2 nitrogen and oxygen atoms in total. The first-order chi connectivity index (χ1) is 7.15. The summed E-state index contributed by atoms with van der Waals surface area (Å²) >= 11 is 0. The van der Waals surface area contributed by atoms with Crippen LogP contribution in [-0.4, -0.2) is 6.54 Å². The van der Waals surface area contributed by atoms with Crippen LogP contribution in [0.2, 0.25) is 0 Å². The van der Waals surface area contributed by atoms with Gasteiger partial charge in [-0.1, -0.05) is 6.42 Å². The van der Waals surface area contributed by atoms with Crippen LogP contribution in [0.1, 0.15) is 30.9 Å². The third kappa shape index (κ3) is 4.43. The van der Waals surface area contributed by atoms with Crippen LogP contribution in [0, 0.1) is 11.6 Å². The van der Waals surface area contributed by atoms with Crippen molar-refractivity contribution in [3.8, 4) is 0 Å². The molecule has 0 aliphatic rings. The molecule has 0 amide bonds. The molecule has 0 spiro atoms. The second-order valence-corrected chi connectivity index (χ2v) is 3.56. The molecule has 1 aromatic carbocycles. The Morgan fingerprint density at radius 1 is 1.19 bits per heavy atom. The molecule has 16 heavy (non-hydrogen) atoms. The lowest BCUT2D eigenvalue weighted by Crippen LogP contribution is -2.13. The van der Waals surface area contributed by atoms with Crippen LogP contribution in [0.15, 0.2) is 18.2 Å². The Morgan fingerprint density at radius 2 is 1.88 bits per heavy atom. The monoisotopic (exact) mass is 250 g/mol.